The molecule has 0 unspecified atom stereocenters. The molecule has 0 aliphatic heterocycles. The lowest BCUT2D eigenvalue weighted by Gasteiger charge is -2.08. The largest absolute Gasteiger partial charge is 0.354 e. The van der Waals surface area contributed by atoms with Crippen molar-refractivity contribution < 1.29 is 0 Å². The number of aromatic nitrogens is 2. The number of rotatable bonds is 3. The molecule has 0 fully saturated rings. The fraction of sp³-hybridized carbons (Fsp3) is 0.333. The molecule has 4 heteroatoms. The average molecular weight is 280 g/mol. The van der Waals surface area contributed by atoms with Gasteiger partial charge in [0.05, 0.1) is 5.52 Å². The van der Waals surface area contributed by atoms with Gasteiger partial charge in [-0.2, -0.15) is 0 Å². The second-order valence-corrected chi connectivity index (χ2v) is 5.00. The molecule has 0 aliphatic rings. The Labute approximate surface area is 103 Å². The monoisotopic (exact) mass is 279 g/mol. The van der Waals surface area contributed by atoms with Crippen LogP contribution in [0.1, 0.15) is 13.8 Å². The normalized spacial score (nSPS) is 11.0. The molecule has 16 heavy (non-hydrogen) atoms. The zero-order valence-corrected chi connectivity index (χ0v) is 11.0. The Kier molecular flexibility index (Phi) is 3.39. The molecule has 1 N–H and O–H groups in total. The van der Waals surface area contributed by atoms with E-state index in [4.69, 9.17) is 0 Å². The Bertz CT molecular complexity index is 497. The van der Waals surface area contributed by atoms with Crippen LogP contribution in [-0.4, -0.2) is 16.5 Å². The van der Waals surface area contributed by atoms with Gasteiger partial charge in [-0.05, 0) is 18.1 Å². The first-order valence-corrected chi connectivity index (χ1v) is 6.11. The Morgan fingerprint density at radius 1 is 1.38 bits per heavy atom. The molecule has 0 saturated heterocycles. The molecule has 0 amide bonds. The van der Waals surface area contributed by atoms with Gasteiger partial charge in [0, 0.05) is 22.6 Å². The lowest BCUT2D eigenvalue weighted by atomic mass is 10.2. The minimum Gasteiger partial charge on any atom is -0.354 e. The molecule has 1 aromatic carbocycles. The quantitative estimate of drug-likeness (QED) is 0.935. The van der Waals surface area contributed by atoms with Crippen LogP contribution in [-0.2, 0) is 0 Å². The third kappa shape index (κ3) is 2.50. The van der Waals surface area contributed by atoms with E-state index in [1.165, 1.54) is 0 Å². The highest BCUT2D eigenvalue weighted by molar-refractivity contribution is 9.10. The van der Waals surface area contributed by atoms with Crippen molar-refractivity contribution in [3.05, 3.63) is 28.9 Å². The molecule has 1 aromatic heterocycles. The first-order valence-electron chi connectivity index (χ1n) is 5.32. The van der Waals surface area contributed by atoms with Crippen LogP contribution in [0.15, 0.2) is 28.9 Å². The van der Waals surface area contributed by atoms with Gasteiger partial charge in [-0.3, -0.25) is 0 Å². The average Bonchev–Trinajstić information content (AvgIpc) is 2.26. The van der Waals surface area contributed by atoms with Gasteiger partial charge in [-0.25, -0.2) is 9.97 Å². The number of nitrogens with one attached hydrogen (secondary N) is 1. The van der Waals surface area contributed by atoms with Gasteiger partial charge in [-0.15, -0.1) is 0 Å². The van der Waals surface area contributed by atoms with Crippen LogP contribution in [0, 0.1) is 5.92 Å². The molecule has 1 heterocycles. The van der Waals surface area contributed by atoms with Gasteiger partial charge in [0.1, 0.15) is 0 Å². The van der Waals surface area contributed by atoms with Crippen molar-refractivity contribution >= 4 is 32.8 Å². The number of hydrogen-bond acceptors (Lipinski definition) is 3. The Hall–Kier alpha value is -1.16. The lowest BCUT2D eigenvalue weighted by Crippen LogP contribution is -2.10. The minimum absolute atomic E-state index is 0.585. The van der Waals surface area contributed by atoms with Gasteiger partial charge in [0.2, 0.25) is 5.95 Å². The maximum Gasteiger partial charge on any atom is 0.223 e. The predicted octanol–water partition coefficient (Wildman–Crippen LogP) is 3.46. The van der Waals surface area contributed by atoms with Crippen LogP contribution in [0.5, 0.6) is 0 Å². The van der Waals surface area contributed by atoms with Gasteiger partial charge in [0.15, 0.2) is 0 Å². The third-order valence-electron chi connectivity index (χ3n) is 2.24. The van der Waals surface area contributed by atoms with Crippen LogP contribution < -0.4 is 5.32 Å². The molecule has 0 aliphatic carbocycles. The van der Waals surface area contributed by atoms with Gasteiger partial charge >= 0.3 is 0 Å². The summed E-state index contributed by atoms with van der Waals surface area (Å²) >= 11 is 3.48. The highest BCUT2D eigenvalue weighted by Gasteiger charge is 2.02. The van der Waals surface area contributed by atoms with Crippen molar-refractivity contribution in [2.45, 2.75) is 13.8 Å². The molecular weight excluding hydrogens is 266 g/mol. The second kappa shape index (κ2) is 4.78. The Balaban J connectivity index is 2.30. The van der Waals surface area contributed by atoms with Gasteiger partial charge in [0.25, 0.3) is 0 Å². The van der Waals surface area contributed by atoms with Crippen molar-refractivity contribution in [2.75, 3.05) is 11.9 Å². The van der Waals surface area contributed by atoms with Crippen LogP contribution in [0.25, 0.3) is 10.9 Å². The summed E-state index contributed by atoms with van der Waals surface area (Å²) in [5, 5.41) is 4.26. The maximum atomic E-state index is 4.46. The molecule has 3 nitrogen and oxygen atoms in total. The van der Waals surface area contributed by atoms with E-state index in [0.717, 1.165) is 21.9 Å². The standard InChI is InChI=1S/C12H14BrN3/c1-8(2)6-14-12-15-7-9-10(13)4-3-5-11(9)16-12/h3-5,7-8H,6H2,1-2H3,(H,14,15,16). The number of anilines is 1. The smallest absolute Gasteiger partial charge is 0.223 e. The van der Waals surface area contributed by atoms with Crippen molar-refractivity contribution in [2.24, 2.45) is 5.92 Å². The number of hydrogen-bond donors (Lipinski definition) is 1. The van der Waals surface area contributed by atoms with Crippen molar-refractivity contribution in [1.82, 2.24) is 9.97 Å². The van der Waals surface area contributed by atoms with Crippen molar-refractivity contribution in [3.63, 3.8) is 0 Å². The first-order chi connectivity index (χ1) is 7.66. The van der Waals surface area contributed by atoms with E-state index >= 15 is 0 Å². The summed E-state index contributed by atoms with van der Waals surface area (Å²) in [5.74, 6) is 1.28. The summed E-state index contributed by atoms with van der Waals surface area (Å²) in [4.78, 5) is 8.74. The summed E-state index contributed by atoms with van der Waals surface area (Å²) in [6, 6.07) is 5.96. The van der Waals surface area contributed by atoms with Gasteiger partial charge < -0.3 is 5.32 Å². The topological polar surface area (TPSA) is 37.8 Å². The third-order valence-corrected chi connectivity index (χ3v) is 2.93. The van der Waals surface area contributed by atoms with Crippen LogP contribution >= 0.6 is 15.9 Å². The summed E-state index contributed by atoms with van der Waals surface area (Å²) in [6.45, 7) is 5.20. The molecule has 0 atom stereocenters. The van der Waals surface area contributed by atoms with E-state index < -0.39 is 0 Å². The number of nitrogens with zero attached hydrogens (tertiary/aromatic N) is 2. The van der Waals surface area contributed by atoms with E-state index in [-0.39, 0.29) is 0 Å². The summed E-state index contributed by atoms with van der Waals surface area (Å²) < 4.78 is 1.03. The van der Waals surface area contributed by atoms with E-state index in [1.54, 1.807) is 0 Å². The summed E-state index contributed by atoms with van der Waals surface area (Å²) in [7, 11) is 0. The molecule has 2 rings (SSSR count). The fourth-order valence-corrected chi connectivity index (χ4v) is 1.86. The number of halogens is 1. The Morgan fingerprint density at radius 3 is 2.94 bits per heavy atom. The van der Waals surface area contributed by atoms with Gasteiger partial charge in [-0.1, -0.05) is 35.8 Å². The molecule has 2 aromatic rings. The van der Waals surface area contributed by atoms with Crippen molar-refractivity contribution in [1.29, 1.82) is 0 Å². The number of fused-ring (bicyclic) bond motifs is 1. The van der Waals surface area contributed by atoms with E-state index in [0.29, 0.717) is 11.9 Å². The van der Waals surface area contributed by atoms with E-state index in [1.807, 2.05) is 24.4 Å². The summed E-state index contributed by atoms with van der Waals surface area (Å²) in [6.07, 6.45) is 1.84. The maximum absolute atomic E-state index is 4.46. The predicted molar refractivity (Wildman–Crippen MR) is 70.6 cm³/mol. The molecular formula is C12H14BrN3. The highest BCUT2D eigenvalue weighted by Crippen LogP contribution is 2.22. The highest BCUT2D eigenvalue weighted by atomic mass is 79.9. The van der Waals surface area contributed by atoms with E-state index in [9.17, 15) is 0 Å². The molecule has 84 valence electrons. The zero-order valence-electron chi connectivity index (χ0n) is 9.37. The SMILES string of the molecule is CC(C)CNc1ncc2c(Br)cccc2n1. The molecule has 0 saturated carbocycles. The van der Waals surface area contributed by atoms with Crippen molar-refractivity contribution in [3.8, 4) is 0 Å². The van der Waals surface area contributed by atoms with Crippen LogP contribution in [0.4, 0.5) is 5.95 Å². The first kappa shape index (κ1) is 11.3. The summed E-state index contributed by atoms with van der Waals surface area (Å²) in [5.41, 5.74) is 0.954. The minimum atomic E-state index is 0.585. The Morgan fingerprint density at radius 2 is 2.19 bits per heavy atom. The molecule has 0 spiro atoms. The molecule has 0 bridgehead atoms. The van der Waals surface area contributed by atoms with Crippen LogP contribution in [0.2, 0.25) is 0 Å². The van der Waals surface area contributed by atoms with E-state index in [2.05, 4.69) is 45.1 Å². The second-order valence-electron chi connectivity index (χ2n) is 4.14. The molecule has 0 radical (unpaired) electrons. The zero-order chi connectivity index (χ0) is 11.5. The lowest BCUT2D eigenvalue weighted by molar-refractivity contribution is 0.685. The van der Waals surface area contributed by atoms with Crippen LogP contribution in [0.3, 0.4) is 0 Å². The fourth-order valence-electron chi connectivity index (χ4n) is 1.40. The number of benzene rings is 1.